The van der Waals surface area contributed by atoms with Crippen LogP contribution in [0.25, 0.3) is 0 Å². The van der Waals surface area contributed by atoms with Crippen molar-refractivity contribution >= 4 is 11.9 Å². The van der Waals surface area contributed by atoms with Gasteiger partial charge in [0.2, 0.25) is 0 Å². The number of carbonyl (C=O) groups is 1. The van der Waals surface area contributed by atoms with Gasteiger partial charge in [0.1, 0.15) is 5.75 Å². The molecule has 0 bridgehead atoms. The number of carbonyl (C=O) groups excluding carboxylic acids is 1. The number of unbranched alkanes of at least 4 members (excludes halogenated alkanes) is 2. The van der Waals surface area contributed by atoms with E-state index in [2.05, 4.69) is 34.0 Å². The van der Waals surface area contributed by atoms with Crippen LogP contribution < -0.4 is 10.1 Å². The summed E-state index contributed by atoms with van der Waals surface area (Å²) in [5, 5.41) is 3.41. The fourth-order valence-electron chi connectivity index (χ4n) is 3.37. The molecule has 0 amide bonds. The minimum Gasteiger partial charge on any atom is -0.497 e. The molecular weight excluding hydrogens is 342 g/mol. The van der Waals surface area contributed by atoms with Crippen molar-refractivity contribution in [3.63, 3.8) is 0 Å². The number of aliphatic imine (C=N–C) groups is 1. The van der Waals surface area contributed by atoms with Gasteiger partial charge in [-0.2, -0.15) is 0 Å². The fraction of sp³-hybridized carbons (Fsp3) is 0.619. The average Bonchev–Trinajstić information content (AvgIpc) is 3.19. The number of guanidine groups is 1. The molecule has 1 fully saturated rings. The first-order valence-electron chi connectivity index (χ1n) is 9.92. The molecule has 6 nitrogen and oxygen atoms in total. The van der Waals surface area contributed by atoms with Gasteiger partial charge in [0.15, 0.2) is 5.96 Å². The quantitative estimate of drug-likeness (QED) is 0.311. The van der Waals surface area contributed by atoms with Gasteiger partial charge in [-0.25, -0.2) is 0 Å². The van der Waals surface area contributed by atoms with E-state index in [1.807, 2.05) is 12.1 Å². The Morgan fingerprint density at radius 2 is 2.00 bits per heavy atom. The summed E-state index contributed by atoms with van der Waals surface area (Å²) in [7, 11) is 3.13. The average molecular weight is 376 g/mol. The summed E-state index contributed by atoms with van der Waals surface area (Å²) in [5.41, 5.74) is 1.36. The van der Waals surface area contributed by atoms with Crippen molar-refractivity contribution in [2.45, 2.75) is 44.9 Å². The highest BCUT2D eigenvalue weighted by Gasteiger charge is 2.26. The van der Waals surface area contributed by atoms with Crippen molar-refractivity contribution in [3.05, 3.63) is 29.8 Å². The summed E-state index contributed by atoms with van der Waals surface area (Å²) < 4.78 is 9.91. The van der Waals surface area contributed by atoms with E-state index in [0.29, 0.717) is 12.3 Å². The van der Waals surface area contributed by atoms with Crippen molar-refractivity contribution in [1.29, 1.82) is 0 Å². The molecule has 1 aromatic rings. The summed E-state index contributed by atoms with van der Waals surface area (Å²) in [6.45, 7) is 5.76. The molecule has 0 saturated carbocycles. The molecule has 1 saturated heterocycles. The lowest BCUT2D eigenvalue weighted by Gasteiger charge is -2.22. The van der Waals surface area contributed by atoms with Gasteiger partial charge in [0, 0.05) is 38.5 Å². The number of nitrogens with one attached hydrogen (secondary N) is 1. The van der Waals surface area contributed by atoms with Crippen molar-refractivity contribution < 1.29 is 14.3 Å². The fourth-order valence-corrected chi connectivity index (χ4v) is 3.37. The zero-order valence-electron chi connectivity index (χ0n) is 16.9. The molecule has 0 aromatic heterocycles. The first-order valence-corrected chi connectivity index (χ1v) is 9.92. The molecule has 1 atom stereocenters. The van der Waals surface area contributed by atoms with E-state index in [-0.39, 0.29) is 5.97 Å². The van der Waals surface area contributed by atoms with Gasteiger partial charge in [0.05, 0.1) is 14.2 Å². The number of esters is 1. The minimum absolute atomic E-state index is 0.131. The summed E-state index contributed by atoms with van der Waals surface area (Å²) >= 11 is 0. The number of rotatable bonds is 9. The van der Waals surface area contributed by atoms with Crippen LogP contribution in [0, 0.1) is 0 Å². The zero-order valence-corrected chi connectivity index (χ0v) is 16.9. The van der Waals surface area contributed by atoms with Crippen LogP contribution in [-0.2, 0) is 9.53 Å². The van der Waals surface area contributed by atoms with Crippen LogP contribution in [-0.4, -0.2) is 57.2 Å². The maximum Gasteiger partial charge on any atom is 0.305 e. The third-order valence-electron chi connectivity index (χ3n) is 4.94. The van der Waals surface area contributed by atoms with Gasteiger partial charge in [-0.1, -0.05) is 18.6 Å². The number of nitrogens with zero attached hydrogens (tertiary/aromatic N) is 2. The first kappa shape index (κ1) is 21.1. The Morgan fingerprint density at radius 1 is 1.22 bits per heavy atom. The summed E-state index contributed by atoms with van der Waals surface area (Å²) in [5.74, 6) is 2.30. The van der Waals surface area contributed by atoms with E-state index in [0.717, 1.165) is 63.6 Å². The lowest BCUT2D eigenvalue weighted by atomic mass is 9.98. The number of likely N-dealkylation sites (tertiary alicyclic amines) is 1. The summed E-state index contributed by atoms with van der Waals surface area (Å²) in [6.07, 6.45) is 4.47. The molecule has 150 valence electrons. The molecule has 27 heavy (non-hydrogen) atoms. The number of benzene rings is 1. The van der Waals surface area contributed by atoms with Gasteiger partial charge in [-0.15, -0.1) is 0 Å². The minimum atomic E-state index is -0.131. The summed E-state index contributed by atoms with van der Waals surface area (Å²) in [4.78, 5) is 18.3. The predicted octanol–water partition coefficient (Wildman–Crippen LogP) is 3.18. The van der Waals surface area contributed by atoms with Gasteiger partial charge >= 0.3 is 5.97 Å². The highest BCUT2D eigenvalue weighted by Crippen LogP contribution is 2.28. The van der Waals surface area contributed by atoms with Crippen LogP contribution in [0.5, 0.6) is 5.75 Å². The molecule has 1 heterocycles. The molecule has 1 N–H and O–H groups in total. The number of hydrogen-bond acceptors (Lipinski definition) is 4. The molecule has 2 rings (SSSR count). The lowest BCUT2D eigenvalue weighted by Crippen LogP contribution is -2.40. The second-order valence-corrected chi connectivity index (χ2v) is 6.83. The van der Waals surface area contributed by atoms with Gasteiger partial charge < -0.3 is 19.7 Å². The standard InChI is InChI=1S/C21H33N3O3/c1-4-22-21(23-14-7-5-6-8-20(25)27-3)24-15-13-18(16-24)17-9-11-19(26-2)12-10-17/h9-12,18H,4-8,13-16H2,1-3H3,(H,22,23). The molecule has 1 aliphatic heterocycles. The van der Waals surface area contributed by atoms with E-state index in [4.69, 9.17) is 9.73 Å². The van der Waals surface area contributed by atoms with Crippen LogP contribution in [0.2, 0.25) is 0 Å². The molecule has 0 radical (unpaired) electrons. The van der Waals surface area contributed by atoms with Crippen LogP contribution >= 0.6 is 0 Å². The Hall–Kier alpha value is -2.24. The predicted molar refractivity (Wildman–Crippen MR) is 108 cm³/mol. The first-order chi connectivity index (χ1) is 13.2. The Bertz CT molecular complexity index is 601. The monoisotopic (exact) mass is 375 g/mol. The van der Waals surface area contributed by atoms with E-state index in [1.54, 1.807) is 7.11 Å². The maximum atomic E-state index is 11.1. The molecule has 0 aliphatic carbocycles. The molecule has 0 spiro atoms. The zero-order chi connectivity index (χ0) is 19.5. The van der Waals surface area contributed by atoms with E-state index < -0.39 is 0 Å². The smallest absolute Gasteiger partial charge is 0.305 e. The third kappa shape index (κ3) is 6.77. The Labute approximate surface area is 162 Å². The number of ether oxygens (including phenoxy) is 2. The van der Waals surface area contributed by atoms with Crippen LogP contribution in [0.3, 0.4) is 0 Å². The van der Waals surface area contributed by atoms with Crippen LogP contribution in [0.4, 0.5) is 0 Å². The largest absolute Gasteiger partial charge is 0.497 e. The number of methoxy groups -OCH3 is 2. The maximum absolute atomic E-state index is 11.1. The summed E-state index contributed by atoms with van der Waals surface area (Å²) in [6, 6.07) is 8.40. The Kier molecular flexibility index (Phi) is 8.95. The second kappa shape index (κ2) is 11.5. The van der Waals surface area contributed by atoms with Crippen LogP contribution in [0.1, 0.15) is 50.5 Å². The molecular formula is C21H33N3O3. The number of hydrogen-bond donors (Lipinski definition) is 1. The van der Waals surface area contributed by atoms with Crippen molar-refractivity contribution in [1.82, 2.24) is 10.2 Å². The lowest BCUT2D eigenvalue weighted by molar-refractivity contribution is -0.140. The van der Waals surface area contributed by atoms with Crippen molar-refractivity contribution in [2.75, 3.05) is 40.4 Å². The Morgan fingerprint density at radius 3 is 2.67 bits per heavy atom. The Balaban J connectivity index is 1.82. The highest BCUT2D eigenvalue weighted by molar-refractivity contribution is 5.80. The van der Waals surface area contributed by atoms with Crippen molar-refractivity contribution in [2.24, 2.45) is 4.99 Å². The topological polar surface area (TPSA) is 63.2 Å². The normalized spacial score (nSPS) is 17.1. The van der Waals surface area contributed by atoms with E-state index >= 15 is 0 Å². The van der Waals surface area contributed by atoms with Crippen molar-refractivity contribution in [3.8, 4) is 5.75 Å². The van der Waals surface area contributed by atoms with Gasteiger partial charge in [-0.3, -0.25) is 9.79 Å². The highest BCUT2D eigenvalue weighted by atomic mass is 16.5. The van der Waals surface area contributed by atoms with E-state index in [9.17, 15) is 4.79 Å². The van der Waals surface area contributed by atoms with Crippen LogP contribution in [0.15, 0.2) is 29.3 Å². The van der Waals surface area contributed by atoms with Gasteiger partial charge in [-0.05, 0) is 43.9 Å². The third-order valence-corrected chi connectivity index (χ3v) is 4.94. The molecule has 1 aliphatic rings. The second-order valence-electron chi connectivity index (χ2n) is 6.83. The molecule has 1 unspecified atom stereocenters. The van der Waals surface area contributed by atoms with E-state index in [1.165, 1.54) is 12.7 Å². The molecule has 1 aromatic carbocycles. The SMILES string of the molecule is CCNC(=NCCCCCC(=O)OC)N1CCC(c2ccc(OC)cc2)C1. The molecule has 6 heteroatoms. The van der Waals surface area contributed by atoms with Gasteiger partial charge in [0.25, 0.3) is 0 Å².